The van der Waals surface area contributed by atoms with E-state index in [2.05, 4.69) is 25.3 Å². The Labute approximate surface area is 89.1 Å². The number of thioether (sulfide) groups is 1. The second-order valence-corrected chi connectivity index (χ2v) is 4.65. The van der Waals surface area contributed by atoms with Crippen molar-refractivity contribution in [2.45, 2.75) is 18.6 Å². The lowest BCUT2D eigenvalue weighted by Crippen LogP contribution is -2.27. The summed E-state index contributed by atoms with van der Waals surface area (Å²) in [4.78, 5) is 2.10. The first kappa shape index (κ1) is 12.3. The monoisotopic (exact) mass is 223 g/mol. The van der Waals surface area contributed by atoms with Gasteiger partial charge >= 0.3 is 0 Å². The summed E-state index contributed by atoms with van der Waals surface area (Å²) in [5.41, 5.74) is 0. The van der Waals surface area contributed by atoms with E-state index < -0.39 is 0 Å². The van der Waals surface area contributed by atoms with E-state index in [0.717, 1.165) is 17.4 Å². The predicted molar refractivity (Wildman–Crippen MR) is 62.9 cm³/mol. The van der Waals surface area contributed by atoms with E-state index in [0.29, 0.717) is 0 Å². The van der Waals surface area contributed by atoms with Gasteiger partial charge in [-0.1, -0.05) is 30.1 Å². The van der Waals surface area contributed by atoms with Gasteiger partial charge in [-0.05, 0) is 13.8 Å². The van der Waals surface area contributed by atoms with Crippen LogP contribution in [0.2, 0.25) is 0 Å². The minimum Gasteiger partial charge on any atom is -0.358 e. The quantitative estimate of drug-likeness (QED) is 0.410. The van der Waals surface area contributed by atoms with Gasteiger partial charge in [0.1, 0.15) is 9.03 Å². The van der Waals surface area contributed by atoms with Gasteiger partial charge < -0.3 is 4.90 Å². The van der Waals surface area contributed by atoms with Crippen molar-refractivity contribution < 1.29 is 0 Å². The third-order valence-electron chi connectivity index (χ3n) is 1.42. The van der Waals surface area contributed by atoms with Gasteiger partial charge in [-0.15, -0.1) is 18.2 Å². The average Bonchev–Trinajstić information content (AvgIpc) is 2.06. The second-order valence-electron chi connectivity index (χ2n) is 2.14. The van der Waals surface area contributed by atoms with Crippen LogP contribution in [0.4, 0.5) is 0 Å². The SMILES string of the molecule is C=CC(Cl)SC(=S)N(CC)CC. The van der Waals surface area contributed by atoms with E-state index in [1.807, 2.05) is 0 Å². The number of nitrogens with zero attached hydrogens (tertiary/aromatic N) is 1. The fraction of sp³-hybridized carbons (Fsp3) is 0.625. The van der Waals surface area contributed by atoms with Crippen molar-refractivity contribution in [3.05, 3.63) is 12.7 Å². The molecule has 0 bridgehead atoms. The zero-order valence-corrected chi connectivity index (χ0v) is 9.81. The first-order valence-corrected chi connectivity index (χ1v) is 5.60. The molecule has 0 aliphatic heterocycles. The molecule has 0 heterocycles. The second kappa shape index (κ2) is 6.75. The number of rotatable bonds is 4. The smallest absolute Gasteiger partial charge is 0.138 e. The molecule has 0 aromatic carbocycles. The van der Waals surface area contributed by atoms with E-state index in [-0.39, 0.29) is 4.71 Å². The molecule has 4 heteroatoms. The summed E-state index contributed by atoms with van der Waals surface area (Å²) in [5, 5.41) is 0. The highest BCUT2D eigenvalue weighted by Gasteiger charge is 2.09. The molecular weight excluding hydrogens is 210 g/mol. The summed E-state index contributed by atoms with van der Waals surface area (Å²) in [7, 11) is 0. The Hall–Kier alpha value is 0.270. The number of thiocarbonyl (C=S) groups is 1. The largest absolute Gasteiger partial charge is 0.358 e. The van der Waals surface area contributed by atoms with Gasteiger partial charge in [0.05, 0.1) is 0 Å². The van der Waals surface area contributed by atoms with Crippen molar-refractivity contribution in [3.8, 4) is 0 Å². The normalized spacial score (nSPS) is 12.2. The molecule has 1 atom stereocenters. The molecule has 0 radical (unpaired) electrons. The topological polar surface area (TPSA) is 3.24 Å². The molecule has 0 spiro atoms. The highest BCUT2D eigenvalue weighted by atomic mass is 35.5. The molecule has 0 amide bonds. The van der Waals surface area contributed by atoms with E-state index in [9.17, 15) is 0 Å². The Bertz CT molecular complexity index is 157. The summed E-state index contributed by atoms with van der Waals surface area (Å²) in [5.74, 6) is 0. The van der Waals surface area contributed by atoms with Crippen LogP contribution in [0.15, 0.2) is 12.7 Å². The van der Waals surface area contributed by atoms with Gasteiger partial charge in [-0.25, -0.2) is 0 Å². The number of hydrogen-bond acceptors (Lipinski definition) is 2. The van der Waals surface area contributed by atoms with Crippen molar-refractivity contribution in [1.82, 2.24) is 4.90 Å². The summed E-state index contributed by atoms with van der Waals surface area (Å²) in [6, 6.07) is 0. The van der Waals surface area contributed by atoms with Crippen LogP contribution in [0.5, 0.6) is 0 Å². The maximum atomic E-state index is 5.85. The van der Waals surface area contributed by atoms with E-state index >= 15 is 0 Å². The average molecular weight is 224 g/mol. The molecule has 0 saturated carbocycles. The molecule has 0 rings (SSSR count). The lowest BCUT2D eigenvalue weighted by Gasteiger charge is -2.21. The van der Waals surface area contributed by atoms with Crippen LogP contribution in [-0.4, -0.2) is 27.0 Å². The lowest BCUT2D eigenvalue weighted by molar-refractivity contribution is 0.482. The molecule has 1 nitrogen and oxygen atoms in total. The molecular formula is C8H14ClNS2. The Kier molecular flexibility index (Phi) is 6.90. The Morgan fingerprint density at radius 2 is 2.17 bits per heavy atom. The van der Waals surface area contributed by atoms with Gasteiger partial charge in [0.25, 0.3) is 0 Å². The van der Waals surface area contributed by atoms with E-state index in [1.54, 1.807) is 6.08 Å². The minimum absolute atomic E-state index is 0.113. The van der Waals surface area contributed by atoms with Crippen LogP contribution in [0.3, 0.4) is 0 Å². The van der Waals surface area contributed by atoms with Gasteiger partial charge in [0.15, 0.2) is 0 Å². The van der Waals surface area contributed by atoms with Crippen LogP contribution in [0.25, 0.3) is 0 Å². The lowest BCUT2D eigenvalue weighted by atomic mass is 10.6. The molecule has 0 fully saturated rings. The fourth-order valence-electron chi connectivity index (χ4n) is 0.701. The number of alkyl halides is 1. The summed E-state index contributed by atoms with van der Waals surface area (Å²) in [6.45, 7) is 9.61. The van der Waals surface area contributed by atoms with Crippen LogP contribution in [0.1, 0.15) is 13.8 Å². The van der Waals surface area contributed by atoms with Crippen molar-refractivity contribution in [3.63, 3.8) is 0 Å². The molecule has 0 aromatic heterocycles. The van der Waals surface area contributed by atoms with Gasteiger partial charge in [-0.3, -0.25) is 0 Å². The Balaban J connectivity index is 3.92. The summed E-state index contributed by atoms with van der Waals surface area (Å²) in [6.07, 6.45) is 1.68. The fourth-order valence-corrected chi connectivity index (χ4v) is 2.38. The maximum absolute atomic E-state index is 5.85. The Morgan fingerprint density at radius 1 is 1.67 bits per heavy atom. The third kappa shape index (κ3) is 4.33. The maximum Gasteiger partial charge on any atom is 0.138 e. The summed E-state index contributed by atoms with van der Waals surface area (Å²) < 4.78 is 0.734. The predicted octanol–water partition coefficient (Wildman–Crippen LogP) is 3.10. The zero-order valence-electron chi connectivity index (χ0n) is 7.42. The molecule has 0 aromatic rings. The first-order chi connectivity index (χ1) is 5.65. The van der Waals surface area contributed by atoms with Crippen LogP contribution in [0, 0.1) is 0 Å². The van der Waals surface area contributed by atoms with Gasteiger partial charge in [-0.2, -0.15) is 0 Å². The molecule has 0 saturated heterocycles. The third-order valence-corrected chi connectivity index (χ3v) is 3.29. The molecule has 1 unspecified atom stereocenters. The van der Waals surface area contributed by atoms with Crippen molar-refractivity contribution in [1.29, 1.82) is 0 Å². The van der Waals surface area contributed by atoms with E-state index in [1.165, 1.54) is 11.8 Å². The highest BCUT2D eigenvalue weighted by molar-refractivity contribution is 8.24. The van der Waals surface area contributed by atoms with Gasteiger partial charge in [0.2, 0.25) is 0 Å². The number of halogens is 1. The first-order valence-electron chi connectivity index (χ1n) is 3.87. The molecule has 0 N–H and O–H groups in total. The van der Waals surface area contributed by atoms with Gasteiger partial charge in [0, 0.05) is 13.1 Å². The zero-order chi connectivity index (χ0) is 9.56. The molecule has 0 aliphatic rings. The number of hydrogen-bond donors (Lipinski definition) is 0. The van der Waals surface area contributed by atoms with Crippen LogP contribution in [-0.2, 0) is 0 Å². The Morgan fingerprint density at radius 3 is 2.50 bits per heavy atom. The molecule has 70 valence electrons. The highest BCUT2D eigenvalue weighted by Crippen LogP contribution is 2.20. The van der Waals surface area contributed by atoms with Crippen molar-refractivity contribution in [2.24, 2.45) is 0 Å². The van der Waals surface area contributed by atoms with Crippen molar-refractivity contribution >= 4 is 39.9 Å². The van der Waals surface area contributed by atoms with Crippen molar-refractivity contribution in [2.75, 3.05) is 13.1 Å². The molecule has 0 aliphatic carbocycles. The van der Waals surface area contributed by atoms with Crippen LogP contribution < -0.4 is 0 Å². The minimum atomic E-state index is -0.113. The van der Waals surface area contributed by atoms with Crippen LogP contribution >= 0.6 is 35.6 Å². The standard InChI is InChI=1S/C8H14ClNS2/c1-4-7(9)12-8(11)10(5-2)6-3/h4,7H,1,5-6H2,2-3H3. The summed E-state index contributed by atoms with van der Waals surface area (Å²) >= 11 is 12.5. The molecule has 12 heavy (non-hydrogen) atoms. The van der Waals surface area contributed by atoms with E-state index in [4.69, 9.17) is 23.8 Å².